The van der Waals surface area contributed by atoms with Gasteiger partial charge in [0.25, 0.3) is 10.0 Å². The van der Waals surface area contributed by atoms with Crippen LogP contribution in [0.4, 0.5) is 5.95 Å². The minimum atomic E-state index is -3.99. The summed E-state index contributed by atoms with van der Waals surface area (Å²) >= 11 is 0. The van der Waals surface area contributed by atoms with Gasteiger partial charge >= 0.3 is 0 Å². The molecule has 0 radical (unpaired) electrons. The third-order valence-corrected chi connectivity index (χ3v) is 12.7. The van der Waals surface area contributed by atoms with Crippen LogP contribution in [0.25, 0.3) is 11.3 Å². The van der Waals surface area contributed by atoms with Crippen molar-refractivity contribution < 1.29 is 22.7 Å². The van der Waals surface area contributed by atoms with E-state index in [4.69, 9.17) is 9.47 Å². The van der Waals surface area contributed by atoms with Crippen molar-refractivity contribution in [2.75, 3.05) is 31.0 Å². The minimum Gasteiger partial charge on any atom is -0.477 e. The van der Waals surface area contributed by atoms with Gasteiger partial charge in [-0.1, -0.05) is 74.5 Å². The van der Waals surface area contributed by atoms with Crippen LogP contribution in [-0.2, 0) is 26.2 Å². The lowest BCUT2D eigenvalue weighted by Crippen LogP contribution is -2.51. The fraction of sp³-hybridized carbons (Fsp3) is 0.452. The van der Waals surface area contributed by atoms with Crippen LogP contribution in [0.3, 0.4) is 0 Å². The van der Waals surface area contributed by atoms with Gasteiger partial charge in [0.1, 0.15) is 6.61 Å². The highest BCUT2D eigenvalue weighted by atomic mass is 32.2. The molecule has 1 saturated carbocycles. The maximum atomic E-state index is 13.9. The summed E-state index contributed by atoms with van der Waals surface area (Å²) in [5, 5.41) is 0. The number of ether oxygens (including phenoxy) is 2. The van der Waals surface area contributed by atoms with Gasteiger partial charge in [0, 0.05) is 30.6 Å². The highest BCUT2D eigenvalue weighted by molar-refractivity contribution is 7.92. The maximum absolute atomic E-state index is 13.9. The number of likely N-dealkylation sites (tertiary alicyclic amines) is 1. The second-order valence-corrected chi connectivity index (χ2v) is 17.3. The van der Waals surface area contributed by atoms with E-state index in [0.717, 1.165) is 73.0 Å². The first kappa shape index (κ1) is 36.1. The zero-order valence-corrected chi connectivity index (χ0v) is 31.5. The summed E-state index contributed by atoms with van der Waals surface area (Å²) in [4.78, 5) is 24.4. The molecule has 1 unspecified atom stereocenters. The monoisotopic (exact) mass is 722 g/mol. The zero-order chi connectivity index (χ0) is 36.5. The van der Waals surface area contributed by atoms with Crippen molar-refractivity contribution in [2.45, 2.75) is 77.2 Å². The summed E-state index contributed by atoms with van der Waals surface area (Å²) in [6.07, 6.45) is 4.95. The molecule has 4 aromatic rings. The smallest absolute Gasteiger partial charge is 0.264 e. The summed E-state index contributed by atoms with van der Waals surface area (Å²) in [6.45, 7) is 11.0. The van der Waals surface area contributed by atoms with E-state index in [0.29, 0.717) is 36.6 Å². The molecular formula is C42H50N4O5S. The van der Waals surface area contributed by atoms with Crippen LogP contribution in [0.5, 0.6) is 5.88 Å². The summed E-state index contributed by atoms with van der Waals surface area (Å²) in [6, 6.07) is 25.2. The van der Waals surface area contributed by atoms with E-state index < -0.39 is 10.0 Å². The predicted molar refractivity (Wildman–Crippen MR) is 202 cm³/mol. The number of sulfonamides is 1. The Morgan fingerprint density at radius 2 is 1.67 bits per heavy atom. The molecule has 2 atom stereocenters. The SMILES string of the molecule is Cc1cccc(C)c1-c1cc2nc(n1)NS(=O)(=O)c1cccc(c1)C(C1CC3(CCN(C(=O)COCc4ccccc4)CC3)C1)[C@H](CC(C)C)CO2. The number of anilines is 1. The molecule has 1 N–H and O–H groups in total. The van der Waals surface area contributed by atoms with Gasteiger partial charge in [-0.25, -0.2) is 18.1 Å². The number of rotatable bonds is 8. The number of carbonyl (C=O) groups excluding carboxylic acids is 1. The summed E-state index contributed by atoms with van der Waals surface area (Å²) < 4.78 is 42.7. The summed E-state index contributed by atoms with van der Waals surface area (Å²) in [5.74, 6) is 1.42. The van der Waals surface area contributed by atoms with E-state index >= 15 is 0 Å². The largest absolute Gasteiger partial charge is 0.477 e. The molecule has 52 heavy (non-hydrogen) atoms. The van der Waals surface area contributed by atoms with Crippen molar-refractivity contribution in [1.82, 2.24) is 14.9 Å². The lowest BCUT2D eigenvalue weighted by molar-refractivity contribution is -0.141. The predicted octanol–water partition coefficient (Wildman–Crippen LogP) is 7.94. The van der Waals surface area contributed by atoms with E-state index in [9.17, 15) is 13.2 Å². The van der Waals surface area contributed by atoms with Gasteiger partial charge in [-0.15, -0.1) is 0 Å². The molecular weight excluding hydrogens is 673 g/mol. The fourth-order valence-electron chi connectivity index (χ4n) is 8.87. The minimum absolute atomic E-state index is 0.00777. The Morgan fingerprint density at radius 1 is 0.962 bits per heavy atom. The van der Waals surface area contributed by atoms with E-state index in [1.165, 1.54) is 0 Å². The molecule has 4 bridgehead atoms. The molecule has 7 rings (SSSR count). The number of nitrogens with zero attached hydrogens (tertiary/aromatic N) is 3. The van der Waals surface area contributed by atoms with Crippen molar-refractivity contribution in [3.05, 3.63) is 101 Å². The van der Waals surface area contributed by atoms with Gasteiger partial charge in [0.05, 0.1) is 23.8 Å². The molecule has 1 spiro atoms. The van der Waals surface area contributed by atoms with Crippen molar-refractivity contribution in [1.29, 1.82) is 0 Å². The molecule has 9 nitrogen and oxygen atoms in total. The fourth-order valence-corrected chi connectivity index (χ4v) is 9.87. The highest BCUT2D eigenvalue weighted by Crippen LogP contribution is 2.59. The number of hydrogen-bond acceptors (Lipinski definition) is 7. The molecule has 274 valence electrons. The second-order valence-electron chi connectivity index (χ2n) is 15.6. The molecule has 1 aromatic heterocycles. The Bertz CT molecular complexity index is 1980. The van der Waals surface area contributed by atoms with Crippen LogP contribution in [-0.4, -0.2) is 55.5 Å². The Balaban J connectivity index is 1.11. The average Bonchev–Trinajstić information content (AvgIpc) is 3.10. The normalized spacial score (nSPS) is 21.0. The number of carbonyl (C=O) groups is 1. The third-order valence-electron chi connectivity index (χ3n) is 11.4. The number of benzene rings is 3. The number of amides is 1. The van der Waals surface area contributed by atoms with Gasteiger partial charge in [-0.3, -0.25) is 4.79 Å². The number of aromatic nitrogens is 2. The average molecular weight is 723 g/mol. The summed E-state index contributed by atoms with van der Waals surface area (Å²) in [7, 11) is -3.99. The van der Waals surface area contributed by atoms with Crippen molar-refractivity contribution >= 4 is 21.9 Å². The second kappa shape index (κ2) is 15.0. The molecule has 1 amide bonds. The summed E-state index contributed by atoms with van der Waals surface area (Å²) in [5.41, 5.74) is 5.91. The molecule has 3 aliphatic rings. The Morgan fingerprint density at radius 3 is 2.38 bits per heavy atom. The van der Waals surface area contributed by atoms with E-state index in [1.807, 2.05) is 85.5 Å². The molecule has 3 heterocycles. The number of fused-ring (bicyclic) bond motifs is 4. The van der Waals surface area contributed by atoms with Crippen molar-refractivity contribution in [2.24, 2.45) is 23.2 Å². The maximum Gasteiger partial charge on any atom is 0.264 e. The Kier molecular flexibility index (Phi) is 10.4. The number of hydrogen-bond donors (Lipinski definition) is 1. The van der Waals surface area contributed by atoms with E-state index in [1.54, 1.807) is 6.07 Å². The Hall–Kier alpha value is -4.28. The first-order valence-electron chi connectivity index (χ1n) is 18.6. The molecule has 1 saturated heterocycles. The lowest BCUT2D eigenvalue weighted by atomic mass is 9.52. The van der Waals surface area contributed by atoms with Crippen LogP contribution >= 0.6 is 0 Å². The topological polar surface area (TPSA) is 111 Å². The quantitative estimate of drug-likeness (QED) is 0.197. The van der Waals surface area contributed by atoms with Gasteiger partial charge < -0.3 is 14.4 Å². The van der Waals surface area contributed by atoms with Gasteiger partial charge in [-0.05, 0) is 104 Å². The number of aryl methyl sites for hydroxylation is 2. The molecule has 2 aliphatic heterocycles. The molecule has 1 aliphatic carbocycles. The third kappa shape index (κ3) is 7.88. The van der Waals surface area contributed by atoms with Gasteiger partial charge in [-0.2, -0.15) is 4.98 Å². The Labute approximate surface area is 308 Å². The molecule has 10 heteroatoms. The molecule has 2 fully saturated rings. The van der Waals surface area contributed by atoms with Crippen LogP contribution in [0.1, 0.15) is 74.1 Å². The molecule has 3 aromatic carbocycles. The first-order valence-corrected chi connectivity index (χ1v) is 20.1. The van der Waals surface area contributed by atoms with Crippen molar-refractivity contribution in [3.8, 4) is 17.1 Å². The van der Waals surface area contributed by atoms with Crippen LogP contribution in [0, 0.1) is 37.0 Å². The van der Waals surface area contributed by atoms with E-state index in [2.05, 4.69) is 34.6 Å². The standard InChI is InChI=1S/C42H50N4O5S/c1-28(2)20-33-26-51-37-22-36(39-29(3)10-8-11-30(39)4)43-41(44-37)45-52(48,49)35-15-9-14-32(21-35)40(33)34-23-42(24-34)16-18-46(19-17-42)38(47)27-50-25-31-12-6-5-7-13-31/h5-15,21-22,28,33-34,40H,16-20,23-27H2,1-4H3,(H,43,44,45)/t33-,40?/m1/s1. The van der Waals surface area contributed by atoms with E-state index in [-0.39, 0.29) is 40.6 Å². The van der Waals surface area contributed by atoms with Crippen LogP contribution in [0.2, 0.25) is 0 Å². The number of piperidine rings is 1. The highest BCUT2D eigenvalue weighted by Gasteiger charge is 2.50. The van der Waals surface area contributed by atoms with Crippen LogP contribution < -0.4 is 9.46 Å². The number of nitrogens with one attached hydrogen (secondary N) is 1. The zero-order valence-electron chi connectivity index (χ0n) is 30.7. The van der Waals surface area contributed by atoms with Gasteiger partial charge in [0.15, 0.2) is 0 Å². The van der Waals surface area contributed by atoms with Crippen LogP contribution in [0.15, 0.2) is 83.8 Å². The lowest BCUT2D eigenvalue weighted by Gasteiger charge is -2.55. The van der Waals surface area contributed by atoms with Gasteiger partial charge in [0.2, 0.25) is 17.7 Å². The first-order chi connectivity index (χ1) is 25.0. The van der Waals surface area contributed by atoms with Crippen molar-refractivity contribution in [3.63, 3.8) is 0 Å².